The highest BCUT2D eigenvalue weighted by molar-refractivity contribution is 4.72. The Hall–Kier alpha value is -0.120. The molecule has 0 bridgehead atoms. The zero-order valence-corrected chi connectivity index (χ0v) is 7.21. The maximum Gasteiger partial charge on any atom is 0.0445 e. The van der Waals surface area contributed by atoms with Crippen LogP contribution in [0.3, 0.4) is 0 Å². The van der Waals surface area contributed by atoms with E-state index in [4.69, 9.17) is 5.11 Å². The van der Waals surface area contributed by atoms with Crippen LogP contribution in [0.2, 0.25) is 0 Å². The van der Waals surface area contributed by atoms with Crippen LogP contribution < -0.4 is 5.32 Å². The van der Waals surface area contributed by atoms with Gasteiger partial charge in [0.2, 0.25) is 0 Å². The van der Waals surface area contributed by atoms with Crippen molar-refractivity contribution in [2.24, 2.45) is 0 Å². The van der Waals surface area contributed by atoms with Crippen LogP contribution in [0.25, 0.3) is 0 Å². The number of aliphatic hydroxyl groups is 1. The van der Waals surface area contributed by atoms with Crippen LogP contribution >= 0.6 is 0 Å². The minimum absolute atomic E-state index is 0.311. The third-order valence-corrected chi connectivity index (χ3v) is 2.32. The SMILES string of the molecule is CC(CCO)N1CCNCC1. The fraction of sp³-hybridized carbons (Fsp3) is 1.00. The fourth-order valence-corrected chi connectivity index (χ4v) is 1.49. The quantitative estimate of drug-likeness (QED) is 0.590. The highest BCUT2D eigenvalue weighted by Gasteiger charge is 2.14. The predicted octanol–water partition coefficient (Wildman–Crippen LogP) is -0.337. The molecule has 0 aromatic rings. The number of nitrogens with one attached hydrogen (secondary N) is 1. The molecule has 0 amide bonds. The van der Waals surface area contributed by atoms with Gasteiger partial charge in [0, 0.05) is 38.8 Å². The molecule has 3 heteroatoms. The summed E-state index contributed by atoms with van der Waals surface area (Å²) in [4.78, 5) is 2.42. The molecule has 66 valence electrons. The van der Waals surface area contributed by atoms with Crippen molar-refractivity contribution in [2.45, 2.75) is 19.4 Å². The van der Waals surface area contributed by atoms with Gasteiger partial charge >= 0.3 is 0 Å². The minimum atomic E-state index is 0.311. The molecule has 11 heavy (non-hydrogen) atoms. The largest absolute Gasteiger partial charge is 0.396 e. The van der Waals surface area contributed by atoms with Crippen molar-refractivity contribution in [1.82, 2.24) is 10.2 Å². The van der Waals surface area contributed by atoms with Crippen LogP contribution in [-0.2, 0) is 0 Å². The third kappa shape index (κ3) is 2.77. The average Bonchev–Trinajstić information content (AvgIpc) is 2.07. The third-order valence-electron chi connectivity index (χ3n) is 2.32. The van der Waals surface area contributed by atoms with E-state index in [0.717, 1.165) is 32.6 Å². The number of nitrogens with zero attached hydrogens (tertiary/aromatic N) is 1. The van der Waals surface area contributed by atoms with E-state index in [2.05, 4.69) is 17.1 Å². The maximum absolute atomic E-state index is 8.73. The summed E-state index contributed by atoms with van der Waals surface area (Å²) in [6, 6.07) is 0.544. The van der Waals surface area contributed by atoms with E-state index < -0.39 is 0 Å². The summed E-state index contributed by atoms with van der Waals surface area (Å²) in [5.74, 6) is 0. The van der Waals surface area contributed by atoms with Crippen molar-refractivity contribution >= 4 is 0 Å². The molecule has 1 fully saturated rings. The Bertz CT molecular complexity index is 102. The Morgan fingerprint density at radius 1 is 1.45 bits per heavy atom. The molecule has 1 atom stereocenters. The average molecular weight is 158 g/mol. The molecular formula is C8H18N2O. The molecule has 0 aromatic carbocycles. The molecule has 1 unspecified atom stereocenters. The second-order valence-electron chi connectivity index (χ2n) is 3.15. The summed E-state index contributed by atoms with van der Waals surface area (Å²) in [7, 11) is 0. The second kappa shape index (κ2) is 4.70. The van der Waals surface area contributed by atoms with Crippen LogP contribution in [0.5, 0.6) is 0 Å². The minimum Gasteiger partial charge on any atom is -0.396 e. The van der Waals surface area contributed by atoms with Crippen LogP contribution in [0.4, 0.5) is 0 Å². The van der Waals surface area contributed by atoms with Gasteiger partial charge in [-0.15, -0.1) is 0 Å². The van der Waals surface area contributed by atoms with Crippen LogP contribution in [0.15, 0.2) is 0 Å². The topological polar surface area (TPSA) is 35.5 Å². The van der Waals surface area contributed by atoms with E-state index in [9.17, 15) is 0 Å². The Kier molecular flexibility index (Phi) is 3.83. The van der Waals surface area contributed by atoms with Crippen molar-refractivity contribution in [2.75, 3.05) is 32.8 Å². The molecule has 2 N–H and O–H groups in total. The molecule has 0 aromatic heterocycles. The normalized spacial score (nSPS) is 23.5. The Morgan fingerprint density at radius 3 is 2.64 bits per heavy atom. The van der Waals surface area contributed by atoms with Gasteiger partial charge < -0.3 is 10.4 Å². The maximum atomic E-state index is 8.73. The van der Waals surface area contributed by atoms with E-state index in [1.165, 1.54) is 0 Å². The molecule has 0 radical (unpaired) electrons. The van der Waals surface area contributed by atoms with E-state index in [-0.39, 0.29) is 0 Å². The summed E-state index contributed by atoms with van der Waals surface area (Å²) in [6.45, 7) is 6.93. The van der Waals surface area contributed by atoms with Crippen molar-refractivity contribution < 1.29 is 5.11 Å². The predicted molar refractivity (Wildman–Crippen MR) is 45.6 cm³/mol. The van der Waals surface area contributed by atoms with E-state index in [1.54, 1.807) is 0 Å². The lowest BCUT2D eigenvalue weighted by molar-refractivity contribution is 0.151. The second-order valence-corrected chi connectivity index (χ2v) is 3.15. The van der Waals surface area contributed by atoms with Gasteiger partial charge in [0.05, 0.1) is 0 Å². The van der Waals surface area contributed by atoms with Gasteiger partial charge in [-0.3, -0.25) is 4.90 Å². The molecule has 0 spiro atoms. The van der Waals surface area contributed by atoms with E-state index in [0.29, 0.717) is 12.6 Å². The van der Waals surface area contributed by atoms with Gasteiger partial charge in [0.15, 0.2) is 0 Å². The number of aliphatic hydroxyl groups excluding tert-OH is 1. The number of hydrogen-bond acceptors (Lipinski definition) is 3. The smallest absolute Gasteiger partial charge is 0.0445 e. The van der Waals surface area contributed by atoms with Crippen LogP contribution in [0.1, 0.15) is 13.3 Å². The zero-order chi connectivity index (χ0) is 8.10. The Labute approximate surface area is 68.4 Å². The first-order chi connectivity index (χ1) is 5.34. The number of hydrogen-bond donors (Lipinski definition) is 2. The standard InChI is InChI=1S/C8H18N2O/c1-8(2-7-11)10-5-3-9-4-6-10/h8-9,11H,2-7H2,1H3. The molecule has 1 aliphatic heterocycles. The van der Waals surface area contributed by atoms with Gasteiger partial charge in [-0.1, -0.05) is 0 Å². The van der Waals surface area contributed by atoms with Crippen molar-refractivity contribution in [3.8, 4) is 0 Å². The lowest BCUT2D eigenvalue weighted by atomic mass is 10.2. The monoisotopic (exact) mass is 158 g/mol. The number of piperazine rings is 1. The fourth-order valence-electron chi connectivity index (χ4n) is 1.49. The number of rotatable bonds is 3. The first-order valence-electron chi connectivity index (χ1n) is 4.40. The van der Waals surface area contributed by atoms with E-state index >= 15 is 0 Å². The summed E-state index contributed by atoms with van der Waals surface area (Å²) in [6.07, 6.45) is 0.903. The summed E-state index contributed by atoms with van der Waals surface area (Å²) < 4.78 is 0. The molecular weight excluding hydrogens is 140 g/mol. The lowest BCUT2D eigenvalue weighted by Crippen LogP contribution is -2.47. The van der Waals surface area contributed by atoms with E-state index in [1.807, 2.05) is 0 Å². The lowest BCUT2D eigenvalue weighted by Gasteiger charge is -2.32. The molecule has 1 saturated heterocycles. The van der Waals surface area contributed by atoms with Crippen molar-refractivity contribution in [3.05, 3.63) is 0 Å². The van der Waals surface area contributed by atoms with Gasteiger partial charge in [0.25, 0.3) is 0 Å². The van der Waals surface area contributed by atoms with Crippen LogP contribution in [-0.4, -0.2) is 48.8 Å². The summed E-state index contributed by atoms with van der Waals surface area (Å²) >= 11 is 0. The first-order valence-corrected chi connectivity index (χ1v) is 4.40. The molecule has 1 rings (SSSR count). The van der Waals surface area contributed by atoms with Gasteiger partial charge in [0.1, 0.15) is 0 Å². The highest BCUT2D eigenvalue weighted by atomic mass is 16.3. The Morgan fingerprint density at radius 2 is 2.09 bits per heavy atom. The van der Waals surface area contributed by atoms with Gasteiger partial charge in [-0.25, -0.2) is 0 Å². The summed E-state index contributed by atoms with van der Waals surface area (Å²) in [5.41, 5.74) is 0. The van der Waals surface area contributed by atoms with Gasteiger partial charge in [-0.2, -0.15) is 0 Å². The zero-order valence-electron chi connectivity index (χ0n) is 7.21. The van der Waals surface area contributed by atoms with Crippen molar-refractivity contribution in [3.63, 3.8) is 0 Å². The Balaban J connectivity index is 2.21. The molecule has 1 heterocycles. The molecule has 0 saturated carbocycles. The highest BCUT2D eigenvalue weighted by Crippen LogP contribution is 2.03. The first kappa shape index (κ1) is 8.97. The molecule has 3 nitrogen and oxygen atoms in total. The molecule has 1 aliphatic rings. The van der Waals surface area contributed by atoms with Crippen molar-refractivity contribution in [1.29, 1.82) is 0 Å². The van der Waals surface area contributed by atoms with Gasteiger partial charge in [-0.05, 0) is 13.3 Å². The van der Waals surface area contributed by atoms with Crippen LogP contribution in [0, 0.1) is 0 Å². The molecule has 0 aliphatic carbocycles. The summed E-state index contributed by atoms with van der Waals surface area (Å²) in [5, 5.41) is 12.0.